The molecule has 5 nitrogen and oxygen atoms in total. The lowest BCUT2D eigenvalue weighted by molar-refractivity contribution is -0.146. The smallest absolute Gasteiger partial charge is 0.332 e. The first-order valence-corrected chi connectivity index (χ1v) is 8.27. The van der Waals surface area contributed by atoms with E-state index in [9.17, 15) is 4.79 Å². The first kappa shape index (κ1) is 20.3. The van der Waals surface area contributed by atoms with Gasteiger partial charge in [-0.1, -0.05) is 64.2 Å². The maximum absolute atomic E-state index is 10.4. The number of aliphatic hydroxyl groups is 3. The van der Waals surface area contributed by atoms with Crippen LogP contribution >= 0.6 is 0 Å². The number of rotatable bonds is 15. The minimum absolute atomic E-state index is 0.135. The van der Waals surface area contributed by atoms with Gasteiger partial charge >= 0.3 is 5.97 Å². The Morgan fingerprint density at radius 3 is 1.48 bits per heavy atom. The molecule has 0 bridgehead atoms. The summed E-state index contributed by atoms with van der Waals surface area (Å²) in [6.07, 6.45) is 10.3. The fourth-order valence-electron chi connectivity index (χ4n) is 2.35. The van der Waals surface area contributed by atoms with Crippen molar-refractivity contribution >= 4 is 5.97 Å². The monoisotopic (exact) mass is 304 g/mol. The number of unbranched alkanes of at least 4 members (excludes halogenated alkanes) is 9. The fourth-order valence-corrected chi connectivity index (χ4v) is 2.35. The molecule has 126 valence electrons. The first-order chi connectivity index (χ1) is 10.1. The van der Waals surface area contributed by atoms with E-state index in [2.05, 4.69) is 0 Å². The molecule has 0 amide bonds. The Labute approximate surface area is 128 Å². The summed E-state index contributed by atoms with van der Waals surface area (Å²) in [5.41, 5.74) is 0. The van der Waals surface area contributed by atoms with Crippen molar-refractivity contribution < 1.29 is 25.2 Å². The topological polar surface area (TPSA) is 98.0 Å². The van der Waals surface area contributed by atoms with Crippen LogP contribution in [-0.4, -0.2) is 45.2 Å². The van der Waals surface area contributed by atoms with E-state index in [0.717, 1.165) is 32.1 Å². The molecule has 5 heteroatoms. The van der Waals surface area contributed by atoms with Gasteiger partial charge in [0.1, 0.15) is 0 Å². The van der Waals surface area contributed by atoms with Crippen LogP contribution in [0.5, 0.6) is 0 Å². The zero-order chi connectivity index (χ0) is 15.9. The first-order valence-electron chi connectivity index (χ1n) is 8.27. The van der Waals surface area contributed by atoms with Crippen molar-refractivity contribution in [3.05, 3.63) is 0 Å². The molecule has 0 aromatic rings. The van der Waals surface area contributed by atoms with Crippen LogP contribution < -0.4 is 0 Å². The number of hydrogen-bond donors (Lipinski definition) is 4. The van der Waals surface area contributed by atoms with E-state index in [4.69, 9.17) is 20.4 Å². The van der Waals surface area contributed by atoms with Gasteiger partial charge in [0.05, 0.1) is 12.7 Å². The number of hydrogen-bond acceptors (Lipinski definition) is 4. The summed E-state index contributed by atoms with van der Waals surface area (Å²) >= 11 is 0. The minimum atomic E-state index is -1.20. The summed E-state index contributed by atoms with van der Waals surface area (Å²) in [7, 11) is 0. The second kappa shape index (κ2) is 14.3. The zero-order valence-electron chi connectivity index (χ0n) is 13.0. The van der Waals surface area contributed by atoms with Crippen LogP contribution in [0.2, 0.25) is 0 Å². The molecule has 0 rings (SSSR count). The van der Waals surface area contributed by atoms with Crippen molar-refractivity contribution in [3.8, 4) is 0 Å². The molecule has 0 saturated carbocycles. The van der Waals surface area contributed by atoms with Gasteiger partial charge in [-0.15, -0.1) is 0 Å². The van der Waals surface area contributed by atoms with Crippen LogP contribution in [0.3, 0.4) is 0 Å². The molecule has 0 heterocycles. The van der Waals surface area contributed by atoms with Gasteiger partial charge < -0.3 is 20.4 Å². The highest BCUT2D eigenvalue weighted by Crippen LogP contribution is 2.13. The van der Waals surface area contributed by atoms with Crippen molar-refractivity contribution in [2.45, 2.75) is 89.3 Å². The van der Waals surface area contributed by atoms with Gasteiger partial charge in [-0.25, -0.2) is 4.79 Å². The highest BCUT2D eigenvalue weighted by atomic mass is 16.4. The molecule has 0 aromatic carbocycles. The van der Waals surface area contributed by atoms with Gasteiger partial charge in [-0.3, -0.25) is 0 Å². The molecule has 0 unspecified atom stereocenters. The van der Waals surface area contributed by atoms with E-state index in [1.165, 1.54) is 32.1 Å². The summed E-state index contributed by atoms with van der Waals surface area (Å²) in [4.78, 5) is 10.4. The van der Waals surface area contributed by atoms with Gasteiger partial charge in [0.2, 0.25) is 0 Å². The van der Waals surface area contributed by atoms with Crippen LogP contribution in [0.1, 0.15) is 77.0 Å². The van der Waals surface area contributed by atoms with E-state index in [0.29, 0.717) is 12.8 Å². The van der Waals surface area contributed by atoms with Crippen LogP contribution in [0.25, 0.3) is 0 Å². The Hall–Kier alpha value is -0.650. The lowest BCUT2D eigenvalue weighted by Crippen LogP contribution is -2.18. The normalized spacial score (nSPS) is 14.0. The lowest BCUT2D eigenvalue weighted by Gasteiger charge is -2.06. The average molecular weight is 304 g/mol. The molecule has 4 N–H and O–H groups in total. The molecular formula is C16H32O5. The Kier molecular flexibility index (Phi) is 13.9. The molecule has 0 fully saturated rings. The number of aliphatic carboxylic acids is 1. The third-order valence-electron chi connectivity index (χ3n) is 3.76. The van der Waals surface area contributed by atoms with Gasteiger partial charge in [0.15, 0.2) is 6.10 Å². The standard InChI is InChI=1S/C16H32O5/c17-13-14(18)11-9-7-5-3-1-2-4-6-8-10-12-15(19)16(20)21/h14-15,17-19H,1-13H2,(H,20,21)/t14-,15-/m1/s1. The summed E-state index contributed by atoms with van der Waals surface area (Å²) in [6, 6.07) is 0. The van der Waals surface area contributed by atoms with Gasteiger partial charge in [-0.05, 0) is 12.8 Å². The van der Waals surface area contributed by atoms with Gasteiger partial charge in [0.25, 0.3) is 0 Å². The quantitative estimate of drug-likeness (QED) is 0.348. The van der Waals surface area contributed by atoms with Crippen molar-refractivity contribution in [1.82, 2.24) is 0 Å². The average Bonchev–Trinajstić information content (AvgIpc) is 2.47. The molecule has 21 heavy (non-hydrogen) atoms. The van der Waals surface area contributed by atoms with Crippen LogP contribution in [0, 0.1) is 0 Å². The maximum atomic E-state index is 10.4. The minimum Gasteiger partial charge on any atom is -0.479 e. The van der Waals surface area contributed by atoms with Crippen molar-refractivity contribution in [2.24, 2.45) is 0 Å². The Morgan fingerprint density at radius 1 is 0.714 bits per heavy atom. The van der Waals surface area contributed by atoms with E-state index in [-0.39, 0.29) is 6.61 Å². The van der Waals surface area contributed by atoms with Crippen molar-refractivity contribution in [1.29, 1.82) is 0 Å². The van der Waals surface area contributed by atoms with Crippen LogP contribution in [0.4, 0.5) is 0 Å². The Balaban J connectivity index is 3.11. The van der Waals surface area contributed by atoms with Crippen molar-refractivity contribution in [3.63, 3.8) is 0 Å². The number of aliphatic hydroxyl groups excluding tert-OH is 3. The van der Waals surface area contributed by atoms with Gasteiger partial charge in [0, 0.05) is 0 Å². The fraction of sp³-hybridized carbons (Fsp3) is 0.938. The summed E-state index contributed by atoms with van der Waals surface area (Å²) in [5, 5.41) is 35.4. The second-order valence-electron chi connectivity index (χ2n) is 5.80. The van der Waals surface area contributed by atoms with E-state index in [1.807, 2.05) is 0 Å². The van der Waals surface area contributed by atoms with E-state index < -0.39 is 18.2 Å². The third-order valence-corrected chi connectivity index (χ3v) is 3.76. The lowest BCUT2D eigenvalue weighted by atomic mass is 10.0. The third kappa shape index (κ3) is 14.1. The van der Waals surface area contributed by atoms with Crippen molar-refractivity contribution in [2.75, 3.05) is 6.61 Å². The molecule has 0 aliphatic carbocycles. The zero-order valence-corrected chi connectivity index (χ0v) is 13.0. The largest absolute Gasteiger partial charge is 0.479 e. The molecule has 0 aliphatic heterocycles. The second-order valence-corrected chi connectivity index (χ2v) is 5.80. The summed E-state index contributed by atoms with van der Waals surface area (Å²) in [5.74, 6) is -1.12. The maximum Gasteiger partial charge on any atom is 0.332 e. The van der Waals surface area contributed by atoms with E-state index in [1.54, 1.807) is 0 Å². The van der Waals surface area contributed by atoms with Crippen LogP contribution in [-0.2, 0) is 4.79 Å². The molecule has 2 atom stereocenters. The molecule has 0 spiro atoms. The molecule has 0 aromatic heterocycles. The number of carboxylic acids is 1. The Bertz CT molecular complexity index is 245. The molecular weight excluding hydrogens is 272 g/mol. The summed E-state index contributed by atoms with van der Waals surface area (Å²) in [6.45, 7) is -0.135. The Morgan fingerprint density at radius 2 is 1.10 bits per heavy atom. The highest BCUT2D eigenvalue weighted by molar-refractivity contribution is 5.71. The van der Waals surface area contributed by atoms with Gasteiger partial charge in [-0.2, -0.15) is 0 Å². The molecule has 0 saturated heterocycles. The SMILES string of the molecule is O=C(O)[C@H](O)CCCCCCCCCCCC[C@@H](O)CO. The number of carbonyl (C=O) groups is 1. The van der Waals surface area contributed by atoms with Crippen LogP contribution in [0.15, 0.2) is 0 Å². The van der Waals surface area contributed by atoms with E-state index >= 15 is 0 Å². The molecule has 0 radical (unpaired) electrons. The highest BCUT2D eigenvalue weighted by Gasteiger charge is 2.11. The molecule has 0 aliphatic rings. The summed E-state index contributed by atoms with van der Waals surface area (Å²) < 4.78 is 0. The predicted molar refractivity (Wildman–Crippen MR) is 82.1 cm³/mol. The predicted octanol–water partition coefficient (Wildman–Crippen LogP) is 2.47. The number of carboxylic acid groups (broad SMARTS) is 1.